The highest BCUT2D eigenvalue weighted by atomic mass is 35.5. The number of anilines is 1. The standard InChI is InChI=1S/C26H26ClN7OS/c1-16-24(28)26(14-35-16)8-11-34(12-9-26)22-6-5-19-20(32-22)13-30-25(33-19)36-21-4-2-3-17(23(21)27)18-7-10-29-15-31-18/h2-7,10,13,15-16,24H,8-9,11-12,14,28H2,1H3/t16-,24+/m0/s1. The molecule has 0 saturated carbocycles. The summed E-state index contributed by atoms with van der Waals surface area (Å²) in [5, 5.41) is 1.23. The Hall–Kier alpha value is -2.85. The first-order valence-corrected chi connectivity index (χ1v) is 13.2. The minimum atomic E-state index is 0.0913. The van der Waals surface area contributed by atoms with Gasteiger partial charge in [0.25, 0.3) is 0 Å². The highest BCUT2D eigenvalue weighted by molar-refractivity contribution is 7.99. The van der Waals surface area contributed by atoms with Gasteiger partial charge in [-0.05, 0) is 55.8 Å². The molecular weight excluding hydrogens is 494 g/mol. The summed E-state index contributed by atoms with van der Waals surface area (Å²) in [6.45, 7) is 4.66. The number of fused-ring (bicyclic) bond motifs is 1. The van der Waals surface area contributed by atoms with E-state index in [1.54, 1.807) is 12.4 Å². The largest absolute Gasteiger partial charge is 0.376 e. The number of pyridine rings is 1. The fraction of sp³-hybridized carbons (Fsp3) is 0.346. The molecule has 0 unspecified atom stereocenters. The third-order valence-electron chi connectivity index (χ3n) is 7.35. The Morgan fingerprint density at radius 2 is 1.94 bits per heavy atom. The summed E-state index contributed by atoms with van der Waals surface area (Å²) in [4.78, 5) is 25.6. The van der Waals surface area contributed by atoms with Crippen molar-refractivity contribution in [2.45, 2.75) is 42.0 Å². The Kier molecular flexibility index (Phi) is 6.25. The summed E-state index contributed by atoms with van der Waals surface area (Å²) < 4.78 is 5.86. The van der Waals surface area contributed by atoms with Crippen LogP contribution in [0.25, 0.3) is 22.3 Å². The van der Waals surface area contributed by atoms with Gasteiger partial charge in [-0.2, -0.15) is 0 Å². The molecule has 2 saturated heterocycles. The van der Waals surface area contributed by atoms with Crippen LogP contribution in [0.1, 0.15) is 19.8 Å². The van der Waals surface area contributed by atoms with E-state index in [9.17, 15) is 0 Å². The minimum absolute atomic E-state index is 0.0913. The molecule has 2 atom stereocenters. The monoisotopic (exact) mass is 519 g/mol. The lowest BCUT2D eigenvalue weighted by Gasteiger charge is -2.41. The quantitative estimate of drug-likeness (QED) is 0.387. The third-order valence-corrected chi connectivity index (χ3v) is 8.81. The topological polar surface area (TPSA) is 103 Å². The highest BCUT2D eigenvalue weighted by Gasteiger charge is 2.47. The van der Waals surface area contributed by atoms with Gasteiger partial charge in [0.1, 0.15) is 17.7 Å². The number of ether oxygens (including phenoxy) is 1. The maximum atomic E-state index is 6.71. The summed E-state index contributed by atoms with van der Waals surface area (Å²) in [7, 11) is 0. The van der Waals surface area contributed by atoms with Crippen molar-refractivity contribution in [2.75, 3.05) is 24.6 Å². The second-order valence-corrected chi connectivity index (χ2v) is 10.8. The Morgan fingerprint density at radius 3 is 2.69 bits per heavy atom. The molecule has 1 spiro atoms. The van der Waals surface area contributed by atoms with Gasteiger partial charge >= 0.3 is 0 Å². The second kappa shape index (κ2) is 9.55. The molecule has 184 valence electrons. The van der Waals surface area contributed by atoms with Crippen LogP contribution in [0, 0.1) is 5.41 Å². The Bertz CT molecular complexity index is 1400. The van der Waals surface area contributed by atoms with Gasteiger partial charge < -0.3 is 15.4 Å². The van der Waals surface area contributed by atoms with Gasteiger partial charge in [0.2, 0.25) is 0 Å². The Labute approximate surface area is 218 Å². The van der Waals surface area contributed by atoms with Crippen molar-refractivity contribution in [3.63, 3.8) is 0 Å². The fourth-order valence-corrected chi connectivity index (χ4v) is 6.24. The molecule has 0 radical (unpaired) electrons. The van der Waals surface area contributed by atoms with Crippen molar-refractivity contribution in [3.8, 4) is 11.3 Å². The number of nitrogens with two attached hydrogens (primary N) is 1. The number of nitrogens with zero attached hydrogens (tertiary/aromatic N) is 6. The normalized spacial score (nSPS) is 21.4. The van der Waals surface area contributed by atoms with Crippen LogP contribution in [0.5, 0.6) is 0 Å². The van der Waals surface area contributed by atoms with E-state index in [0.717, 1.165) is 65.5 Å². The molecule has 2 aliphatic rings. The van der Waals surface area contributed by atoms with E-state index in [2.05, 4.69) is 26.8 Å². The first-order chi connectivity index (χ1) is 17.5. The predicted octanol–water partition coefficient (Wildman–Crippen LogP) is 4.62. The number of halogens is 1. The average molecular weight is 520 g/mol. The molecule has 1 aromatic carbocycles. The van der Waals surface area contributed by atoms with Crippen LogP contribution in [0.15, 0.2) is 65.2 Å². The molecule has 4 aromatic rings. The van der Waals surface area contributed by atoms with Gasteiger partial charge in [-0.3, -0.25) is 0 Å². The number of benzene rings is 1. The van der Waals surface area contributed by atoms with E-state index in [-0.39, 0.29) is 17.6 Å². The zero-order valence-electron chi connectivity index (χ0n) is 19.8. The van der Waals surface area contributed by atoms with Crippen LogP contribution >= 0.6 is 23.4 Å². The smallest absolute Gasteiger partial charge is 0.193 e. The predicted molar refractivity (Wildman–Crippen MR) is 141 cm³/mol. The molecule has 3 aromatic heterocycles. The maximum absolute atomic E-state index is 6.71. The van der Waals surface area contributed by atoms with Gasteiger partial charge in [-0.1, -0.05) is 23.7 Å². The Morgan fingerprint density at radius 1 is 1.08 bits per heavy atom. The molecule has 2 aliphatic heterocycles. The van der Waals surface area contributed by atoms with Crippen LogP contribution in [-0.2, 0) is 4.74 Å². The van der Waals surface area contributed by atoms with E-state index in [0.29, 0.717) is 10.2 Å². The lowest BCUT2D eigenvalue weighted by molar-refractivity contribution is 0.0974. The van der Waals surface area contributed by atoms with Crippen molar-refractivity contribution >= 4 is 40.2 Å². The molecule has 2 fully saturated rings. The zero-order chi connectivity index (χ0) is 24.7. The summed E-state index contributed by atoms with van der Waals surface area (Å²) in [5.41, 5.74) is 9.75. The lowest BCUT2D eigenvalue weighted by atomic mass is 9.73. The first kappa shape index (κ1) is 23.5. The molecule has 0 amide bonds. The molecule has 36 heavy (non-hydrogen) atoms. The summed E-state index contributed by atoms with van der Waals surface area (Å²) >= 11 is 8.13. The summed E-state index contributed by atoms with van der Waals surface area (Å²) in [6.07, 6.45) is 7.15. The molecular formula is C26H26ClN7OS. The van der Waals surface area contributed by atoms with E-state index < -0.39 is 0 Å². The second-order valence-electron chi connectivity index (χ2n) is 9.43. The van der Waals surface area contributed by atoms with Gasteiger partial charge in [0.15, 0.2) is 5.16 Å². The van der Waals surface area contributed by atoms with Crippen molar-refractivity contribution in [2.24, 2.45) is 11.1 Å². The van der Waals surface area contributed by atoms with Crippen molar-refractivity contribution in [3.05, 3.63) is 60.1 Å². The first-order valence-electron chi connectivity index (χ1n) is 12.0. The third kappa shape index (κ3) is 4.30. The van der Waals surface area contributed by atoms with Crippen molar-refractivity contribution < 1.29 is 4.74 Å². The van der Waals surface area contributed by atoms with E-state index in [1.807, 2.05) is 36.4 Å². The number of hydrogen-bond acceptors (Lipinski definition) is 9. The van der Waals surface area contributed by atoms with Gasteiger partial charge in [0.05, 0.1) is 35.1 Å². The SMILES string of the molecule is C[C@@H]1OCC2(CCN(c3ccc4nc(Sc5cccc(-c6ccncn6)c5Cl)ncc4n3)CC2)[C@@H]1N. The molecule has 8 nitrogen and oxygen atoms in total. The molecule has 5 heterocycles. The number of aromatic nitrogens is 5. The van der Waals surface area contributed by atoms with E-state index in [4.69, 9.17) is 32.0 Å². The van der Waals surface area contributed by atoms with E-state index in [1.165, 1.54) is 18.1 Å². The molecule has 0 bridgehead atoms. The molecule has 6 rings (SSSR count). The molecule has 0 aliphatic carbocycles. The van der Waals surface area contributed by atoms with Crippen LogP contribution in [0.3, 0.4) is 0 Å². The van der Waals surface area contributed by atoms with Gasteiger partial charge in [-0.25, -0.2) is 24.9 Å². The number of rotatable bonds is 4. The summed E-state index contributed by atoms with van der Waals surface area (Å²) in [6, 6.07) is 11.8. The molecule has 10 heteroatoms. The zero-order valence-corrected chi connectivity index (χ0v) is 21.4. The lowest BCUT2D eigenvalue weighted by Crippen LogP contribution is -2.50. The van der Waals surface area contributed by atoms with Crippen LogP contribution in [0.4, 0.5) is 5.82 Å². The van der Waals surface area contributed by atoms with Gasteiger partial charge in [0, 0.05) is 41.2 Å². The van der Waals surface area contributed by atoms with Gasteiger partial charge in [-0.15, -0.1) is 0 Å². The Balaban J connectivity index is 1.19. The fourth-order valence-electron chi connectivity index (χ4n) is 5.11. The number of hydrogen-bond donors (Lipinski definition) is 1. The highest BCUT2D eigenvalue weighted by Crippen LogP contribution is 2.42. The van der Waals surface area contributed by atoms with Crippen molar-refractivity contribution in [1.29, 1.82) is 0 Å². The summed E-state index contributed by atoms with van der Waals surface area (Å²) in [5.74, 6) is 0.947. The van der Waals surface area contributed by atoms with Crippen LogP contribution < -0.4 is 10.6 Å². The minimum Gasteiger partial charge on any atom is -0.376 e. The molecule has 2 N–H and O–H groups in total. The average Bonchev–Trinajstić information content (AvgIpc) is 3.19. The van der Waals surface area contributed by atoms with Crippen LogP contribution in [0.2, 0.25) is 5.02 Å². The maximum Gasteiger partial charge on any atom is 0.193 e. The van der Waals surface area contributed by atoms with E-state index >= 15 is 0 Å². The van der Waals surface area contributed by atoms with Crippen LogP contribution in [-0.4, -0.2) is 56.8 Å². The van der Waals surface area contributed by atoms with Crippen molar-refractivity contribution in [1.82, 2.24) is 24.9 Å². The number of piperidine rings is 1.